The van der Waals surface area contributed by atoms with E-state index in [1.807, 2.05) is 38.2 Å². The molecule has 1 amide bonds. The van der Waals surface area contributed by atoms with E-state index in [9.17, 15) is 4.79 Å². The van der Waals surface area contributed by atoms with Gasteiger partial charge >= 0.3 is 0 Å². The second kappa shape index (κ2) is 6.51. The van der Waals surface area contributed by atoms with Crippen LogP contribution in [0.1, 0.15) is 11.1 Å². The summed E-state index contributed by atoms with van der Waals surface area (Å²) in [5, 5.41) is 11.8. The molecule has 1 heterocycles. The van der Waals surface area contributed by atoms with Gasteiger partial charge in [-0.15, -0.1) is 5.10 Å². The molecule has 0 radical (unpaired) electrons. The van der Waals surface area contributed by atoms with Crippen molar-refractivity contribution in [2.45, 2.75) is 18.6 Å². The number of thioether (sulfide) groups is 1. The normalized spacial score (nSPS) is 10.6. The van der Waals surface area contributed by atoms with Gasteiger partial charge in [-0.3, -0.25) is 4.79 Å². The summed E-state index contributed by atoms with van der Waals surface area (Å²) >= 11 is 1.34. The molecule has 0 aliphatic rings. The molecule has 0 atom stereocenters. The smallest absolute Gasteiger partial charge is 0.233 e. The maximum absolute atomic E-state index is 12.1. The Morgan fingerprint density at radius 3 is 2.80 bits per heavy atom. The van der Waals surface area contributed by atoms with Gasteiger partial charge in [0, 0.05) is 20.6 Å². The Kier molecular flexibility index (Phi) is 4.73. The first kappa shape index (κ1) is 14.5. The van der Waals surface area contributed by atoms with Gasteiger partial charge in [0.15, 0.2) is 0 Å². The predicted octanol–water partition coefficient (Wildman–Crippen LogP) is 1.27. The first-order valence-corrected chi connectivity index (χ1v) is 7.20. The van der Waals surface area contributed by atoms with E-state index in [0.29, 0.717) is 17.5 Å². The minimum atomic E-state index is 0.0567. The van der Waals surface area contributed by atoms with E-state index >= 15 is 0 Å². The fraction of sp³-hybridized carbons (Fsp3) is 0.385. The summed E-state index contributed by atoms with van der Waals surface area (Å²) < 4.78 is 1.55. The molecule has 0 aliphatic carbocycles. The van der Waals surface area contributed by atoms with E-state index in [-0.39, 0.29) is 5.91 Å². The molecule has 0 saturated heterocycles. The van der Waals surface area contributed by atoms with E-state index in [0.717, 1.165) is 5.56 Å². The number of nitrogens with zero attached hydrogens (tertiary/aromatic N) is 5. The van der Waals surface area contributed by atoms with E-state index < -0.39 is 0 Å². The number of hydrogen-bond acceptors (Lipinski definition) is 5. The molecule has 2 aromatic rings. The second-order valence-electron chi connectivity index (χ2n) is 4.55. The van der Waals surface area contributed by atoms with Crippen LogP contribution in [0.4, 0.5) is 0 Å². The quantitative estimate of drug-likeness (QED) is 0.776. The largest absolute Gasteiger partial charge is 0.341 e. The summed E-state index contributed by atoms with van der Waals surface area (Å²) in [5.74, 6) is 0.387. The number of carbonyl (C=O) groups excluding carboxylic acids is 1. The predicted molar refractivity (Wildman–Crippen MR) is 77.2 cm³/mol. The van der Waals surface area contributed by atoms with Gasteiger partial charge in [0.25, 0.3) is 0 Å². The van der Waals surface area contributed by atoms with Gasteiger partial charge in [0.1, 0.15) is 0 Å². The van der Waals surface area contributed by atoms with Crippen molar-refractivity contribution < 1.29 is 4.79 Å². The highest BCUT2D eigenvalue weighted by Crippen LogP contribution is 2.14. The Hall–Kier alpha value is -1.89. The molecule has 6 nitrogen and oxygen atoms in total. The zero-order chi connectivity index (χ0) is 14.5. The molecular weight excluding hydrogens is 274 g/mol. The van der Waals surface area contributed by atoms with Crippen LogP contribution in [-0.2, 0) is 18.4 Å². The maximum atomic E-state index is 12.1. The van der Waals surface area contributed by atoms with E-state index in [1.165, 1.54) is 17.3 Å². The molecule has 7 heteroatoms. The van der Waals surface area contributed by atoms with E-state index in [4.69, 9.17) is 0 Å². The standard InChI is InChI=1S/C13H17N5OS/c1-10-6-4-5-7-11(10)8-17(2)12(19)9-20-13-14-15-16-18(13)3/h4-7H,8-9H2,1-3H3. The van der Waals surface area contributed by atoms with Crippen LogP contribution >= 0.6 is 11.8 Å². The second-order valence-corrected chi connectivity index (χ2v) is 5.49. The number of rotatable bonds is 5. The Morgan fingerprint density at radius 1 is 1.40 bits per heavy atom. The third kappa shape index (κ3) is 3.57. The van der Waals surface area contributed by atoms with Crippen molar-refractivity contribution >= 4 is 17.7 Å². The highest BCUT2D eigenvalue weighted by molar-refractivity contribution is 7.99. The lowest BCUT2D eigenvalue weighted by Crippen LogP contribution is -2.28. The lowest BCUT2D eigenvalue weighted by Gasteiger charge is -2.18. The zero-order valence-corrected chi connectivity index (χ0v) is 12.6. The molecule has 2 rings (SSSR count). The summed E-state index contributed by atoms with van der Waals surface area (Å²) in [7, 11) is 3.56. The molecule has 0 bridgehead atoms. The van der Waals surface area contributed by atoms with Gasteiger partial charge in [-0.25, -0.2) is 4.68 Å². The third-order valence-corrected chi connectivity index (χ3v) is 4.00. The van der Waals surface area contributed by atoms with Crippen LogP contribution in [0.5, 0.6) is 0 Å². The van der Waals surface area contributed by atoms with Gasteiger partial charge in [0.2, 0.25) is 11.1 Å². The lowest BCUT2D eigenvalue weighted by molar-refractivity contribution is -0.127. The molecule has 1 aromatic heterocycles. The number of hydrogen-bond donors (Lipinski definition) is 0. The number of carbonyl (C=O) groups is 1. The Labute approximate surface area is 122 Å². The van der Waals surface area contributed by atoms with Gasteiger partial charge in [-0.05, 0) is 28.5 Å². The molecule has 0 unspecified atom stereocenters. The summed E-state index contributed by atoms with van der Waals surface area (Å²) in [4.78, 5) is 13.8. The first-order chi connectivity index (χ1) is 9.58. The van der Waals surface area contributed by atoms with E-state index in [2.05, 4.69) is 15.5 Å². The number of aryl methyl sites for hydroxylation is 2. The van der Waals surface area contributed by atoms with Crippen molar-refractivity contribution in [3.05, 3.63) is 35.4 Å². The van der Waals surface area contributed by atoms with Gasteiger partial charge in [-0.2, -0.15) is 0 Å². The molecule has 0 saturated carbocycles. The summed E-state index contributed by atoms with van der Waals surface area (Å²) in [6.45, 7) is 2.66. The van der Waals surface area contributed by atoms with Crippen molar-refractivity contribution in [2.24, 2.45) is 7.05 Å². The van der Waals surface area contributed by atoms with Crippen molar-refractivity contribution in [1.82, 2.24) is 25.1 Å². The van der Waals surface area contributed by atoms with Crippen LogP contribution in [0.2, 0.25) is 0 Å². The zero-order valence-electron chi connectivity index (χ0n) is 11.8. The summed E-state index contributed by atoms with van der Waals surface area (Å²) in [6, 6.07) is 8.07. The number of amides is 1. The average molecular weight is 291 g/mol. The highest BCUT2D eigenvalue weighted by atomic mass is 32.2. The van der Waals surface area contributed by atoms with Crippen molar-refractivity contribution in [3.63, 3.8) is 0 Å². The highest BCUT2D eigenvalue weighted by Gasteiger charge is 2.13. The number of benzene rings is 1. The fourth-order valence-electron chi connectivity index (χ4n) is 1.71. The fourth-order valence-corrected chi connectivity index (χ4v) is 2.50. The van der Waals surface area contributed by atoms with Crippen LogP contribution in [0.3, 0.4) is 0 Å². The maximum Gasteiger partial charge on any atom is 0.233 e. The topological polar surface area (TPSA) is 63.9 Å². The Balaban J connectivity index is 1.89. The number of aromatic nitrogens is 4. The van der Waals surface area contributed by atoms with Gasteiger partial charge < -0.3 is 4.90 Å². The van der Waals surface area contributed by atoms with Crippen molar-refractivity contribution in [2.75, 3.05) is 12.8 Å². The molecule has 1 aromatic carbocycles. The van der Waals surface area contributed by atoms with Gasteiger partial charge in [0.05, 0.1) is 5.75 Å². The van der Waals surface area contributed by atoms with Crippen molar-refractivity contribution in [1.29, 1.82) is 0 Å². The minimum absolute atomic E-state index is 0.0567. The van der Waals surface area contributed by atoms with E-state index in [1.54, 1.807) is 16.6 Å². The Bertz CT molecular complexity index is 598. The number of tetrazole rings is 1. The summed E-state index contributed by atoms with van der Waals surface area (Å²) in [6.07, 6.45) is 0. The molecule has 0 aliphatic heterocycles. The molecule has 0 N–H and O–H groups in total. The first-order valence-electron chi connectivity index (χ1n) is 6.21. The monoisotopic (exact) mass is 291 g/mol. The molecular formula is C13H17N5OS. The SMILES string of the molecule is Cc1ccccc1CN(C)C(=O)CSc1nnnn1C. The van der Waals surface area contributed by atoms with Crippen LogP contribution in [0.25, 0.3) is 0 Å². The third-order valence-electron chi connectivity index (χ3n) is 3.00. The van der Waals surface area contributed by atoms with Crippen LogP contribution in [0.15, 0.2) is 29.4 Å². The average Bonchev–Trinajstić information content (AvgIpc) is 2.84. The minimum Gasteiger partial charge on any atom is -0.341 e. The van der Waals surface area contributed by atoms with Crippen LogP contribution in [0, 0.1) is 6.92 Å². The van der Waals surface area contributed by atoms with Crippen LogP contribution < -0.4 is 0 Å². The lowest BCUT2D eigenvalue weighted by atomic mass is 10.1. The van der Waals surface area contributed by atoms with Gasteiger partial charge in [-0.1, -0.05) is 36.0 Å². The Morgan fingerprint density at radius 2 is 2.15 bits per heavy atom. The summed E-state index contributed by atoms with van der Waals surface area (Å²) in [5.41, 5.74) is 2.35. The molecule has 106 valence electrons. The van der Waals surface area contributed by atoms with Crippen molar-refractivity contribution in [3.8, 4) is 0 Å². The molecule has 0 spiro atoms. The molecule has 0 fully saturated rings. The molecule has 20 heavy (non-hydrogen) atoms. The van der Waals surface area contributed by atoms with Crippen LogP contribution in [-0.4, -0.2) is 43.8 Å².